The average molecular weight is 176 g/mol. The van der Waals surface area contributed by atoms with Crippen molar-refractivity contribution in [2.45, 2.75) is 45.0 Å². The lowest BCUT2D eigenvalue weighted by atomic mass is 9.86. The van der Waals surface area contributed by atoms with Crippen molar-refractivity contribution in [2.24, 2.45) is 5.92 Å². The highest BCUT2D eigenvalue weighted by Crippen LogP contribution is 2.27. The van der Waals surface area contributed by atoms with Gasteiger partial charge in [0.2, 0.25) is 0 Å². The van der Waals surface area contributed by atoms with E-state index in [1.54, 1.807) is 0 Å². The predicted octanol–water partition coefficient (Wildman–Crippen LogP) is 2.79. The first-order chi connectivity index (χ1) is 5.70. The minimum absolute atomic E-state index is 0.0949. The van der Waals surface area contributed by atoms with Crippen molar-refractivity contribution in [3.8, 4) is 0 Å². The van der Waals surface area contributed by atoms with E-state index >= 15 is 0 Å². The second-order valence-electron chi connectivity index (χ2n) is 3.48. The summed E-state index contributed by atoms with van der Waals surface area (Å²) in [5.41, 5.74) is 0. The molecule has 0 bridgehead atoms. The highest BCUT2D eigenvalue weighted by atomic mass is 19.3. The fourth-order valence-corrected chi connectivity index (χ4v) is 1.76. The Labute approximate surface area is 71.1 Å². The van der Waals surface area contributed by atoms with Crippen molar-refractivity contribution < 1.29 is 13.6 Å². The maximum absolute atomic E-state index is 11.8. The molecular formula is C9H14F2O. The standard InChI is InChI=1S/C9H14F2O/c10-9(11)8(12)6-7-4-2-1-3-5-7/h7,9H,1-6H2. The van der Waals surface area contributed by atoms with Gasteiger partial charge in [0.15, 0.2) is 5.78 Å². The second kappa shape index (κ2) is 4.53. The molecule has 1 aliphatic carbocycles. The fraction of sp³-hybridized carbons (Fsp3) is 0.889. The van der Waals surface area contributed by atoms with Gasteiger partial charge in [-0.05, 0) is 5.92 Å². The normalized spacial score (nSPS) is 19.9. The van der Waals surface area contributed by atoms with Gasteiger partial charge in [-0.25, -0.2) is 8.78 Å². The van der Waals surface area contributed by atoms with Crippen LogP contribution in [0.3, 0.4) is 0 Å². The van der Waals surface area contributed by atoms with Crippen molar-refractivity contribution in [3.63, 3.8) is 0 Å². The Balaban J connectivity index is 2.24. The number of Topliss-reactive ketones (excluding diaryl/α,β-unsaturated/α-hetero) is 1. The first-order valence-corrected chi connectivity index (χ1v) is 4.51. The molecule has 0 aromatic heterocycles. The van der Waals surface area contributed by atoms with Gasteiger partial charge in [-0.2, -0.15) is 0 Å². The van der Waals surface area contributed by atoms with Crippen LogP contribution < -0.4 is 0 Å². The number of carbonyl (C=O) groups excluding carboxylic acids is 1. The molecule has 0 N–H and O–H groups in total. The molecule has 0 radical (unpaired) electrons. The Morgan fingerprint density at radius 1 is 1.25 bits per heavy atom. The van der Waals surface area contributed by atoms with Crippen LogP contribution in [0.4, 0.5) is 8.78 Å². The number of hydrogen-bond acceptors (Lipinski definition) is 1. The summed E-state index contributed by atoms with van der Waals surface area (Å²) in [4.78, 5) is 10.7. The number of carbonyl (C=O) groups is 1. The number of hydrogen-bond donors (Lipinski definition) is 0. The molecule has 12 heavy (non-hydrogen) atoms. The SMILES string of the molecule is O=C(CC1CCCCC1)C(F)F. The summed E-state index contributed by atoms with van der Waals surface area (Å²) in [7, 11) is 0. The van der Waals surface area contributed by atoms with E-state index in [4.69, 9.17) is 0 Å². The van der Waals surface area contributed by atoms with Crippen molar-refractivity contribution in [2.75, 3.05) is 0 Å². The summed E-state index contributed by atoms with van der Waals surface area (Å²) < 4.78 is 23.7. The van der Waals surface area contributed by atoms with Gasteiger partial charge in [-0.3, -0.25) is 4.79 Å². The van der Waals surface area contributed by atoms with Crippen molar-refractivity contribution in [1.29, 1.82) is 0 Å². The van der Waals surface area contributed by atoms with Gasteiger partial charge in [0.05, 0.1) is 0 Å². The van der Waals surface area contributed by atoms with Gasteiger partial charge in [0, 0.05) is 6.42 Å². The fourth-order valence-electron chi connectivity index (χ4n) is 1.76. The van der Waals surface area contributed by atoms with Gasteiger partial charge < -0.3 is 0 Å². The zero-order valence-electron chi connectivity index (χ0n) is 7.06. The monoisotopic (exact) mass is 176 g/mol. The Hall–Kier alpha value is -0.470. The van der Waals surface area contributed by atoms with E-state index in [-0.39, 0.29) is 12.3 Å². The third-order valence-corrected chi connectivity index (χ3v) is 2.46. The number of ketones is 1. The minimum Gasteiger partial charge on any atom is -0.293 e. The van der Waals surface area contributed by atoms with Crippen molar-refractivity contribution in [1.82, 2.24) is 0 Å². The molecule has 0 heterocycles. The molecule has 0 aromatic rings. The van der Waals surface area contributed by atoms with Crippen LogP contribution >= 0.6 is 0 Å². The van der Waals surface area contributed by atoms with E-state index in [9.17, 15) is 13.6 Å². The van der Waals surface area contributed by atoms with Gasteiger partial charge in [0.25, 0.3) is 6.43 Å². The molecule has 1 fully saturated rings. The first kappa shape index (κ1) is 9.62. The Morgan fingerprint density at radius 2 is 1.83 bits per heavy atom. The van der Waals surface area contributed by atoms with E-state index < -0.39 is 12.2 Å². The Morgan fingerprint density at radius 3 is 2.33 bits per heavy atom. The highest BCUT2D eigenvalue weighted by molar-refractivity contribution is 5.81. The van der Waals surface area contributed by atoms with Gasteiger partial charge >= 0.3 is 0 Å². The minimum atomic E-state index is -2.76. The van der Waals surface area contributed by atoms with Crippen LogP contribution in [0.1, 0.15) is 38.5 Å². The number of rotatable bonds is 3. The lowest BCUT2D eigenvalue weighted by Gasteiger charge is -2.20. The smallest absolute Gasteiger partial charge is 0.293 e. The van der Waals surface area contributed by atoms with Crippen LogP contribution in [0, 0.1) is 5.92 Å². The summed E-state index contributed by atoms with van der Waals surface area (Å²) in [5.74, 6) is -0.637. The molecule has 1 saturated carbocycles. The number of halogens is 2. The zero-order chi connectivity index (χ0) is 8.97. The maximum atomic E-state index is 11.8. The average Bonchev–Trinajstić information content (AvgIpc) is 2.06. The third kappa shape index (κ3) is 2.88. The molecule has 1 nitrogen and oxygen atoms in total. The molecule has 0 unspecified atom stereocenters. The third-order valence-electron chi connectivity index (χ3n) is 2.46. The molecule has 0 atom stereocenters. The summed E-state index contributed by atoms with van der Waals surface area (Å²) in [6, 6.07) is 0. The lowest BCUT2D eigenvalue weighted by molar-refractivity contribution is -0.130. The van der Waals surface area contributed by atoms with E-state index in [1.807, 2.05) is 0 Å². The topological polar surface area (TPSA) is 17.1 Å². The molecule has 0 spiro atoms. The first-order valence-electron chi connectivity index (χ1n) is 4.51. The molecule has 3 heteroatoms. The van der Waals surface area contributed by atoms with E-state index in [1.165, 1.54) is 6.42 Å². The summed E-state index contributed by atoms with van der Waals surface area (Å²) in [6.45, 7) is 0. The molecular weight excluding hydrogens is 162 g/mol. The Kier molecular flexibility index (Phi) is 3.63. The quantitative estimate of drug-likeness (QED) is 0.646. The molecule has 1 rings (SSSR count). The maximum Gasteiger partial charge on any atom is 0.295 e. The van der Waals surface area contributed by atoms with E-state index in [0.29, 0.717) is 0 Å². The van der Waals surface area contributed by atoms with Crippen LogP contribution in [0.5, 0.6) is 0 Å². The molecule has 70 valence electrons. The summed E-state index contributed by atoms with van der Waals surface area (Å²) in [6.07, 6.45) is 2.64. The van der Waals surface area contributed by atoms with Crippen LogP contribution in [0.15, 0.2) is 0 Å². The predicted molar refractivity (Wildman–Crippen MR) is 42.2 cm³/mol. The van der Waals surface area contributed by atoms with Crippen molar-refractivity contribution in [3.05, 3.63) is 0 Å². The molecule has 0 saturated heterocycles. The van der Waals surface area contributed by atoms with E-state index in [0.717, 1.165) is 25.7 Å². The van der Waals surface area contributed by atoms with Crippen LogP contribution in [-0.4, -0.2) is 12.2 Å². The van der Waals surface area contributed by atoms with Gasteiger partial charge in [-0.1, -0.05) is 32.1 Å². The molecule has 0 aliphatic heterocycles. The zero-order valence-corrected chi connectivity index (χ0v) is 7.06. The largest absolute Gasteiger partial charge is 0.295 e. The summed E-state index contributed by atoms with van der Waals surface area (Å²) >= 11 is 0. The highest BCUT2D eigenvalue weighted by Gasteiger charge is 2.22. The molecule has 0 amide bonds. The van der Waals surface area contributed by atoms with Crippen LogP contribution in [-0.2, 0) is 4.79 Å². The lowest BCUT2D eigenvalue weighted by Crippen LogP contribution is -2.17. The Bertz CT molecular complexity index is 151. The van der Waals surface area contributed by atoms with Crippen LogP contribution in [0.25, 0.3) is 0 Å². The number of alkyl halides is 2. The van der Waals surface area contributed by atoms with Crippen LogP contribution in [0.2, 0.25) is 0 Å². The van der Waals surface area contributed by atoms with Gasteiger partial charge in [-0.15, -0.1) is 0 Å². The van der Waals surface area contributed by atoms with Crippen molar-refractivity contribution >= 4 is 5.78 Å². The molecule has 1 aliphatic rings. The molecule has 0 aromatic carbocycles. The van der Waals surface area contributed by atoms with E-state index in [2.05, 4.69) is 0 Å². The second-order valence-corrected chi connectivity index (χ2v) is 3.48. The van der Waals surface area contributed by atoms with Gasteiger partial charge in [0.1, 0.15) is 0 Å². The summed E-state index contributed by atoms with van der Waals surface area (Å²) in [5, 5.41) is 0.